The summed E-state index contributed by atoms with van der Waals surface area (Å²) >= 11 is 0. The van der Waals surface area contributed by atoms with E-state index >= 15 is 0 Å². The number of aliphatic hydroxyl groups excluding tert-OH is 1. The van der Waals surface area contributed by atoms with Gasteiger partial charge >= 0.3 is 0 Å². The molecule has 0 aromatic rings. The maximum absolute atomic E-state index is 10.4. The Kier molecular flexibility index (Phi) is 3.71. The van der Waals surface area contributed by atoms with Gasteiger partial charge in [-0.15, -0.1) is 0 Å². The Balaban J connectivity index is 3.73. The van der Waals surface area contributed by atoms with Crippen LogP contribution >= 0.6 is 0 Å². The standard InChI is InChI=1S/C3H9NO4S/c1-4-2-9(6,7)8-3-5/h4-5H,2-3H2,1H3. The molecular formula is C3H9NO4S. The smallest absolute Gasteiger partial charge is 0.282 e. The van der Waals surface area contributed by atoms with Crippen molar-refractivity contribution >= 4 is 10.1 Å². The first-order chi connectivity index (χ1) is 4.12. The highest BCUT2D eigenvalue weighted by Gasteiger charge is 2.06. The molecule has 0 rings (SSSR count). The predicted molar refractivity (Wildman–Crippen MR) is 31.0 cm³/mol. The van der Waals surface area contributed by atoms with Crippen molar-refractivity contribution in [2.75, 3.05) is 19.7 Å². The summed E-state index contributed by atoms with van der Waals surface area (Å²) in [6.07, 6.45) is 0. The molecule has 0 aliphatic rings. The van der Waals surface area contributed by atoms with Crippen molar-refractivity contribution in [3.8, 4) is 0 Å². The molecule has 5 nitrogen and oxygen atoms in total. The van der Waals surface area contributed by atoms with Crippen LogP contribution in [0.15, 0.2) is 0 Å². The largest absolute Gasteiger partial charge is 0.369 e. The van der Waals surface area contributed by atoms with Gasteiger partial charge in [-0.05, 0) is 7.05 Å². The number of hydrogen-bond donors (Lipinski definition) is 2. The van der Waals surface area contributed by atoms with E-state index in [0.717, 1.165) is 0 Å². The van der Waals surface area contributed by atoms with Gasteiger partial charge in [-0.3, -0.25) is 0 Å². The zero-order valence-electron chi connectivity index (χ0n) is 4.99. The lowest BCUT2D eigenvalue weighted by atomic mass is 11.3. The molecule has 0 amide bonds. The van der Waals surface area contributed by atoms with Gasteiger partial charge in [0.2, 0.25) is 0 Å². The van der Waals surface area contributed by atoms with Crippen LogP contribution < -0.4 is 5.32 Å². The second-order valence-corrected chi connectivity index (χ2v) is 2.94. The lowest BCUT2D eigenvalue weighted by molar-refractivity contribution is 0.105. The lowest BCUT2D eigenvalue weighted by Gasteiger charge is -1.99. The minimum absolute atomic E-state index is 0.284. The molecule has 0 aromatic heterocycles. The Morgan fingerprint density at radius 3 is 2.56 bits per heavy atom. The van der Waals surface area contributed by atoms with E-state index in [0.29, 0.717) is 0 Å². The van der Waals surface area contributed by atoms with E-state index in [4.69, 9.17) is 5.11 Å². The highest BCUT2D eigenvalue weighted by molar-refractivity contribution is 7.86. The molecule has 9 heavy (non-hydrogen) atoms. The van der Waals surface area contributed by atoms with Gasteiger partial charge in [0.1, 0.15) is 5.88 Å². The summed E-state index contributed by atoms with van der Waals surface area (Å²) in [5.41, 5.74) is 0. The molecule has 0 heterocycles. The molecule has 0 fully saturated rings. The topological polar surface area (TPSA) is 75.6 Å². The summed E-state index contributed by atoms with van der Waals surface area (Å²) < 4.78 is 24.7. The van der Waals surface area contributed by atoms with E-state index in [1.807, 2.05) is 0 Å². The average molecular weight is 155 g/mol. The Labute approximate surface area is 53.8 Å². The van der Waals surface area contributed by atoms with Crippen molar-refractivity contribution in [3.05, 3.63) is 0 Å². The van der Waals surface area contributed by atoms with Crippen LogP contribution in [0.5, 0.6) is 0 Å². The van der Waals surface area contributed by atoms with Gasteiger partial charge in [0, 0.05) is 0 Å². The molecule has 0 aromatic carbocycles. The summed E-state index contributed by atoms with van der Waals surface area (Å²) in [5.74, 6) is -0.284. The van der Waals surface area contributed by atoms with Crippen molar-refractivity contribution in [1.82, 2.24) is 5.32 Å². The summed E-state index contributed by atoms with van der Waals surface area (Å²) in [6, 6.07) is 0. The Bertz CT molecular complexity index is 139. The Hall–Kier alpha value is -0.170. The minimum Gasteiger partial charge on any atom is -0.369 e. The fraction of sp³-hybridized carbons (Fsp3) is 1.00. The van der Waals surface area contributed by atoms with Crippen LogP contribution in [0.1, 0.15) is 0 Å². The van der Waals surface area contributed by atoms with Gasteiger partial charge in [-0.25, -0.2) is 4.18 Å². The predicted octanol–water partition coefficient (Wildman–Crippen LogP) is -1.54. The van der Waals surface area contributed by atoms with Gasteiger partial charge in [0.25, 0.3) is 10.1 Å². The highest BCUT2D eigenvalue weighted by atomic mass is 32.2. The van der Waals surface area contributed by atoms with Crippen LogP contribution in [0, 0.1) is 0 Å². The molecule has 0 radical (unpaired) electrons. The molecule has 0 spiro atoms. The zero-order valence-corrected chi connectivity index (χ0v) is 5.81. The van der Waals surface area contributed by atoms with Crippen LogP contribution in [0.25, 0.3) is 0 Å². The number of rotatable bonds is 4. The van der Waals surface area contributed by atoms with Crippen molar-refractivity contribution in [3.63, 3.8) is 0 Å². The molecule has 0 unspecified atom stereocenters. The van der Waals surface area contributed by atoms with E-state index < -0.39 is 16.9 Å². The van der Waals surface area contributed by atoms with Crippen LogP contribution in [-0.4, -0.2) is 33.2 Å². The maximum atomic E-state index is 10.4. The van der Waals surface area contributed by atoms with Crippen LogP contribution in [0.3, 0.4) is 0 Å². The SMILES string of the molecule is CNCS(=O)(=O)OCO. The van der Waals surface area contributed by atoms with Gasteiger partial charge in [-0.2, -0.15) is 8.42 Å². The second kappa shape index (κ2) is 3.78. The molecule has 0 atom stereocenters. The van der Waals surface area contributed by atoms with Gasteiger partial charge < -0.3 is 10.4 Å². The van der Waals surface area contributed by atoms with E-state index in [1.165, 1.54) is 7.05 Å². The Morgan fingerprint density at radius 2 is 2.22 bits per heavy atom. The highest BCUT2D eigenvalue weighted by Crippen LogP contribution is 1.86. The van der Waals surface area contributed by atoms with Crippen molar-refractivity contribution < 1.29 is 17.7 Å². The first-order valence-corrected chi connectivity index (χ1v) is 3.82. The quantitative estimate of drug-likeness (QED) is 0.380. The van der Waals surface area contributed by atoms with Gasteiger partial charge in [0.15, 0.2) is 6.79 Å². The van der Waals surface area contributed by atoms with E-state index in [-0.39, 0.29) is 5.88 Å². The fourth-order valence-corrected chi connectivity index (χ4v) is 0.896. The lowest BCUT2D eigenvalue weighted by Crippen LogP contribution is -2.21. The number of hydrogen-bond acceptors (Lipinski definition) is 5. The van der Waals surface area contributed by atoms with Crippen LogP contribution in [-0.2, 0) is 14.3 Å². The third-order valence-electron chi connectivity index (χ3n) is 0.553. The zero-order chi connectivity index (χ0) is 7.33. The van der Waals surface area contributed by atoms with Crippen molar-refractivity contribution in [2.24, 2.45) is 0 Å². The van der Waals surface area contributed by atoms with E-state index in [9.17, 15) is 8.42 Å². The van der Waals surface area contributed by atoms with Crippen molar-refractivity contribution in [1.29, 1.82) is 0 Å². The molecule has 2 N–H and O–H groups in total. The number of nitrogens with one attached hydrogen (secondary N) is 1. The monoisotopic (exact) mass is 155 g/mol. The molecular weight excluding hydrogens is 146 g/mol. The first-order valence-electron chi connectivity index (χ1n) is 2.25. The molecule has 56 valence electrons. The molecule has 0 bridgehead atoms. The van der Waals surface area contributed by atoms with Crippen LogP contribution in [0.2, 0.25) is 0 Å². The third-order valence-corrected chi connectivity index (χ3v) is 1.66. The van der Waals surface area contributed by atoms with E-state index in [1.54, 1.807) is 0 Å². The average Bonchev–Trinajstić information content (AvgIpc) is 1.64. The van der Waals surface area contributed by atoms with Crippen LogP contribution in [0.4, 0.5) is 0 Å². The minimum atomic E-state index is -3.54. The fourth-order valence-electron chi connectivity index (χ4n) is 0.299. The van der Waals surface area contributed by atoms with E-state index in [2.05, 4.69) is 9.50 Å². The molecule has 0 saturated carbocycles. The molecule has 0 aliphatic heterocycles. The Morgan fingerprint density at radius 1 is 1.67 bits per heavy atom. The normalized spacial score (nSPS) is 11.8. The maximum Gasteiger partial charge on any atom is 0.282 e. The van der Waals surface area contributed by atoms with Gasteiger partial charge in [-0.1, -0.05) is 0 Å². The van der Waals surface area contributed by atoms with Crippen molar-refractivity contribution in [2.45, 2.75) is 0 Å². The summed E-state index contributed by atoms with van der Waals surface area (Å²) in [4.78, 5) is 0. The molecule has 6 heteroatoms. The third kappa shape index (κ3) is 4.34. The molecule has 0 aliphatic carbocycles. The summed E-state index contributed by atoms with van der Waals surface area (Å²) in [6.45, 7) is -0.802. The molecule has 0 saturated heterocycles. The summed E-state index contributed by atoms with van der Waals surface area (Å²) in [5, 5.41) is 10.4. The second-order valence-electron chi connectivity index (χ2n) is 1.30. The van der Waals surface area contributed by atoms with Gasteiger partial charge in [0.05, 0.1) is 0 Å². The first kappa shape index (κ1) is 8.83. The summed E-state index contributed by atoms with van der Waals surface area (Å²) in [7, 11) is -2.07. The number of aliphatic hydroxyl groups is 1.